The van der Waals surface area contributed by atoms with Gasteiger partial charge >= 0.3 is 0 Å². The lowest BCUT2D eigenvalue weighted by Crippen LogP contribution is -2.26. The van der Waals surface area contributed by atoms with Gasteiger partial charge in [-0.25, -0.2) is 9.78 Å². The Hall–Kier alpha value is -0.120. The van der Waals surface area contributed by atoms with Gasteiger partial charge in [-0.3, -0.25) is 0 Å². The number of unbranched alkanes of at least 4 members (excludes halogenated alkanes) is 4. The molecule has 0 saturated carbocycles. The summed E-state index contributed by atoms with van der Waals surface area (Å²) in [6, 6.07) is 0. The van der Waals surface area contributed by atoms with Crippen LogP contribution in [-0.4, -0.2) is 17.0 Å². The summed E-state index contributed by atoms with van der Waals surface area (Å²) < 4.78 is 0. The van der Waals surface area contributed by atoms with Crippen LogP contribution in [0.15, 0.2) is 0 Å². The number of rotatable bonds is 7. The van der Waals surface area contributed by atoms with Gasteiger partial charge in [0.15, 0.2) is 0 Å². The van der Waals surface area contributed by atoms with E-state index >= 15 is 0 Å². The minimum atomic E-state index is -1.02. The molecule has 1 heterocycles. The molecule has 0 aromatic carbocycles. The molecule has 1 unspecified atom stereocenters. The lowest BCUT2D eigenvalue weighted by molar-refractivity contribution is -0.378. The highest BCUT2D eigenvalue weighted by Gasteiger charge is 2.38. The highest BCUT2D eigenvalue weighted by Crippen LogP contribution is 2.31. The Morgan fingerprint density at radius 2 is 1.93 bits per heavy atom. The Morgan fingerprint density at radius 3 is 2.53 bits per heavy atom. The second-order valence-electron chi connectivity index (χ2n) is 4.51. The molecule has 0 aromatic rings. The summed E-state index contributed by atoms with van der Waals surface area (Å²) in [5.41, 5.74) is 0. The van der Waals surface area contributed by atoms with Crippen LogP contribution >= 0.6 is 0 Å². The molecular weight excluding hydrogens is 192 g/mol. The first kappa shape index (κ1) is 12.9. The molecule has 2 atom stereocenters. The predicted octanol–water partition coefficient (Wildman–Crippen LogP) is 3.17. The molecule has 0 bridgehead atoms. The summed E-state index contributed by atoms with van der Waals surface area (Å²) >= 11 is 0. The summed E-state index contributed by atoms with van der Waals surface area (Å²) in [5, 5.41) is 9.76. The Kier molecular flexibility index (Phi) is 5.58. The van der Waals surface area contributed by atoms with Gasteiger partial charge in [-0.15, -0.1) is 0 Å². The van der Waals surface area contributed by atoms with Crippen LogP contribution in [0.4, 0.5) is 0 Å². The van der Waals surface area contributed by atoms with E-state index in [1.165, 1.54) is 32.1 Å². The van der Waals surface area contributed by atoms with Crippen LogP contribution in [-0.2, 0) is 9.78 Å². The second-order valence-corrected chi connectivity index (χ2v) is 4.51. The van der Waals surface area contributed by atoms with Crippen molar-refractivity contribution in [3.05, 3.63) is 0 Å². The SMILES string of the molecule is CCCCCCC[C@@H]1CC(O)(CC)OO1. The lowest BCUT2D eigenvalue weighted by Gasteiger charge is -2.14. The van der Waals surface area contributed by atoms with Crippen molar-refractivity contribution >= 4 is 0 Å². The van der Waals surface area contributed by atoms with Crippen LogP contribution < -0.4 is 0 Å². The van der Waals surface area contributed by atoms with Crippen LogP contribution in [0.1, 0.15) is 65.2 Å². The second kappa shape index (κ2) is 6.46. The molecule has 0 spiro atoms. The van der Waals surface area contributed by atoms with E-state index in [4.69, 9.17) is 9.78 Å². The Bertz CT molecular complexity index is 172. The molecule has 1 aliphatic rings. The van der Waals surface area contributed by atoms with E-state index < -0.39 is 5.79 Å². The summed E-state index contributed by atoms with van der Waals surface area (Å²) in [6.07, 6.45) is 8.66. The van der Waals surface area contributed by atoms with Crippen molar-refractivity contribution in [3.8, 4) is 0 Å². The zero-order chi connectivity index (χ0) is 11.1. The van der Waals surface area contributed by atoms with Crippen LogP contribution in [0, 0.1) is 0 Å². The molecule has 0 amide bonds. The molecule has 90 valence electrons. The highest BCUT2D eigenvalue weighted by atomic mass is 17.2. The van der Waals surface area contributed by atoms with Crippen LogP contribution in [0.2, 0.25) is 0 Å². The van der Waals surface area contributed by atoms with E-state index in [0.29, 0.717) is 12.8 Å². The van der Waals surface area contributed by atoms with Gasteiger partial charge in [-0.1, -0.05) is 46.0 Å². The molecular formula is C12H24O3. The number of hydrogen-bond donors (Lipinski definition) is 1. The smallest absolute Gasteiger partial charge is 0.201 e. The van der Waals surface area contributed by atoms with Crippen molar-refractivity contribution in [1.82, 2.24) is 0 Å². The maximum absolute atomic E-state index is 9.76. The lowest BCUT2D eigenvalue weighted by atomic mass is 10.0. The summed E-state index contributed by atoms with van der Waals surface area (Å²) in [4.78, 5) is 10.1. The van der Waals surface area contributed by atoms with E-state index in [9.17, 15) is 5.11 Å². The molecule has 1 rings (SSSR count). The third-order valence-electron chi connectivity index (χ3n) is 3.07. The quantitative estimate of drug-likeness (QED) is 0.525. The molecule has 3 heteroatoms. The van der Waals surface area contributed by atoms with Crippen LogP contribution in [0.25, 0.3) is 0 Å². The van der Waals surface area contributed by atoms with Crippen molar-refractivity contribution in [1.29, 1.82) is 0 Å². The zero-order valence-electron chi connectivity index (χ0n) is 10.00. The molecule has 0 aromatic heterocycles. The average molecular weight is 216 g/mol. The minimum absolute atomic E-state index is 0.0941. The highest BCUT2D eigenvalue weighted by molar-refractivity contribution is 4.74. The molecule has 0 aliphatic carbocycles. The van der Waals surface area contributed by atoms with E-state index in [1.807, 2.05) is 6.92 Å². The first-order valence-electron chi connectivity index (χ1n) is 6.27. The summed E-state index contributed by atoms with van der Waals surface area (Å²) in [7, 11) is 0. The van der Waals surface area contributed by atoms with E-state index in [-0.39, 0.29) is 6.10 Å². The van der Waals surface area contributed by atoms with Gasteiger partial charge in [-0.2, -0.15) is 0 Å². The predicted molar refractivity (Wildman–Crippen MR) is 59.2 cm³/mol. The Labute approximate surface area is 92.7 Å². The van der Waals surface area contributed by atoms with Crippen molar-refractivity contribution < 1.29 is 14.9 Å². The maximum Gasteiger partial charge on any atom is 0.201 e. The van der Waals surface area contributed by atoms with Gasteiger partial charge in [0.05, 0.1) is 6.10 Å². The molecule has 0 radical (unpaired) electrons. The minimum Gasteiger partial charge on any atom is -0.363 e. The summed E-state index contributed by atoms with van der Waals surface area (Å²) in [5.74, 6) is -1.02. The number of hydrogen-bond acceptors (Lipinski definition) is 3. The Morgan fingerprint density at radius 1 is 1.20 bits per heavy atom. The fourth-order valence-electron chi connectivity index (χ4n) is 1.91. The van der Waals surface area contributed by atoms with Crippen molar-refractivity contribution in [2.45, 2.75) is 77.1 Å². The topological polar surface area (TPSA) is 38.7 Å². The molecule has 15 heavy (non-hydrogen) atoms. The molecule has 1 N–H and O–H groups in total. The van der Waals surface area contributed by atoms with Crippen molar-refractivity contribution in [2.24, 2.45) is 0 Å². The molecule has 3 nitrogen and oxygen atoms in total. The van der Waals surface area contributed by atoms with Gasteiger partial charge in [0.2, 0.25) is 5.79 Å². The molecule has 1 aliphatic heterocycles. The standard InChI is InChI=1S/C12H24O3/c1-3-5-6-7-8-9-11-10-12(13,4-2)15-14-11/h11,13H,3-10H2,1-2H3/t11-,12?/m1/s1. The van der Waals surface area contributed by atoms with Gasteiger partial charge < -0.3 is 5.11 Å². The van der Waals surface area contributed by atoms with E-state index in [2.05, 4.69) is 6.92 Å². The van der Waals surface area contributed by atoms with Gasteiger partial charge in [0, 0.05) is 12.8 Å². The maximum atomic E-state index is 9.76. The van der Waals surface area contributed by atoms with Crippen molar-refractivity contribution in [2.75, 3.05) is 0 Å². The average Bonchev–Trinajstić information content (AvgIpc) is 2.61. The normalized spacial score (nSPS) is 31.0. The third kappa shape index (κ3) is 4.49. The molecule has 1 saturated heterocycles. The molecule has 1 fully saturated rings. The largest absolute Gasteiger partial charge is 0.363 e. The van der Waals surface area contributed by atoms with Gasteiger partial charge in [0.25, 0.3) is 0 Å². The monoisotopic (exact) mass is 216 g/mol. The van der Waals surface area contributed by atoms with Crippen LogP contribution in [0.5, 0.6) is 0 Å². The number of aliphatic hydroxyl groups is 1. The zero-order valence-corrected chi connectivity index (χ0v) is 10.00. The fourth-order valence-corrected chi connectivity index (χ4v) is 1.91. The van der Waals surface area contributed by atoms with Gasteiger partial charge in [0.1, 0.15) is 0 Å². The summed E-state index contributed by atoms with van der Waals surface area (Å²) in [6.45, 7) is 4.13. The van der Waals surface area contributed by atoms with Gasteiger partial charge in [-0.05, 0) is 6.42 Å². The van der Waals surface area contributed by atoms with Crippen molar-refractivity contribution in [3.63, 3.8) is 0 Å². The van der Waals surface area contributed by atoms with E-state index in [1.54, 1.807) is 0 Å². The first-order valence-corrected chi connectivity index (χ1v) is 6.27. The first-order chi connectivity index (χ1) is 7.20. The third-order valence-corrected chi connectivity index (χ3v) is 3.07. The Balaban J connectivity index is 2.04. The van der Waals surface area contributed by atoms with E-state index in [0.717, 1.165) is 6.42 Å². The fraction of sp³-hybridized carbons (Fsp3) is 1.00. The van der Waals surface area contributed by atoms with Crippen LogP contribution in [0.3, 0.4) is 0 Å².